The second-order valence-electron chi connectivity index (χ2n) is 6.99. The second kappa shape index (κ2) is 6.46. The summed E-state index contributed by atoms with van der Waals surface area (Å²) in [6.45, 7) is 7.68. The highest BCUT2D eigenvalue weighted by Crippen LogP contribution is 2.27. The molecular formula is C15H26N2O3S. The van der Waals surface area contributed by atoms with Crippen molar-refractivity contribution in [2.24, 2.45) is 5.92 Å². The molecule has 1 saturated carbocycles. The van der Waals surface area contributed by atoms with Crippen molar-refractivity contribution in [1.29, 1.82) is 0 Å². The van der Waals surface area contributed by atoms with Gasteiger partial charge in [-0.1, -0.05) is 13.3 Å². The predicted molar refractivity (Wildman–Crippen MR) is 84.1 cm³/mol. The average molecular weight is 314 g/mol. The number of hydrogen-bond donors (Lipinski definition) is 1. The van der Waals surface area contributed by atoms with E-state index < -0.39 is 17.7 Å². The molecule has 2 amide bonds. The van der Waals surface area contributed by atoms with Crippen molar-refractivity contribution in [1.82, 2.24) is 10.2 Å². The zero-order valence-corrected chi connectivity index (χ0v) is 14.2. The van der Waals surface area contributed by atoms with E-state index in [1.54, 1.807) is 16.7 Å². The van der Waals surface area contributed by atoms with Crippen LogP contribution in [-0.4, -0.2) is 46.2 Å². The molecule has 1 N–H and O–H groups in total. The Hall–Kier alpha value is -0.910. The number of thioether (sulfide) groups is 1. The molecule has 1 heterocycles. The summed E-state index contributed by atoms with van der Waals surface area (Å²) in [5, 5.41) is 3.12. The van der Waals surface area contributed by atoms with Crippen LogP contribution in [0.3, 0.4) is 0 Å². The molecule has 5 nitrogen and oxygen atoms in total. The molecule has 1 aliphatic heterocycles. The summed E-state index contributed by atoms with van der Waals surface area (Å²) >= 11 is 1.60. The minimum absolute atomic E-state index is 0.0374. The third-order valence-electron chi connectivity index (χ3n) is 4.00. The lowest BCUT2D eigenvalue weighted by atomic mass is 10.1. The Morgan fingerprint density at radius 2 is 2.00 bits per heavy atom. The Kier molecular flexibility index (Phi) is 5.07. The SMILES string of the molecule is CC1CCCC1NC(=O)C1CSCN1C(=O)OC(C)(C)C. The molecule has 0 spiro atoms. The molecule has 6 heteroatoms. The summed E-state index contributed by atoms with van der Waals surface area (Å²) in [6, 6.07) is -0.152. The normalized spacial score (nSPS) is 29.5. The summed E-state index contributed by atoms with van der Waals surface area (Å²) in [4.78, 5) is 26.2. The lowest BCUT2D eigenvalue weighted by Gasteiger charge is -2.28. The molecule has 3 atom stereocenters. The molecule has 21 heavy (non-hydrogen) atoms. The van der Waals surface area contributed by atoms with Gasteiger partial charge >= 0.3 is 6.09 Å². The summed E-state index contributed by atoms with van der Waals surface area (Å²) in [7, 11) is 0. The standard InChI is InChI=1S/C15H26N2O3S/c1-10-6-5-7-11(10)16-13(18)12-8-21-9-17(12)14(19)20-15(2,3)4/h10-12H,5-9H2,1-4H3,(H,16,18). The number of ether oxygens (including phenoxy) is 1. The van der Waals surface area contributed by atoms with Crippen LogP contribution in [0.4, 0.5) is 4.79 Å². The summed E-state index contributed by atoms with van der Waals surface area (Å²) in [5.74, 6) is 1.65. The molecule has 2 rings (SSSR count). The maximum atomic E-state index is 12.5. The van der Waals surface area contributed by atoms with Gasteiger partial charge < -0.3 is 10.1 Å². The summed E-state index contributed by atoms with van der Waals surface area (Å²) in [6.07, 6.45) is 2.98. The number of rotatable bonds is 2. The van der Waals surface area contributed by atoms with Crippen molar-refractivity contribution in [2.75, 3.05) is 11.6 Å². The zero-order chi connectivity index (χ0) is 15.6. The molecule has 120 valence electrons. The van der Waals surface area contributed by atoms with Gasteiger partial charge in [-0.05, 0) is 39.5 Å². The first-order valence-electron chi connectivity index (χ1n) is 7.65. The number of hydrogen-bond acceptors (Lipinski definition) is 4. The first kappa shape index (κ1) is 16.5. The monoisotopic (exact) mass is 314 g/mol. The van der Waals surface area contributed by atoms with Crippen LogP contribution in [0.2, 0.25) is 0 Å². The molecule has 1 saturated heterocycles. The number of nitrogens with zero attached hydrogens (tertiary/aromatic N) is 1. The van der Waals surface area contributed by atoms with Crippen LogP contribution < -0.4 is 5.32 Å². The molecule has 2 fully saturated rings. The van der Waals surface area contributed by atoms with Crippen LogP contribution in [-0.2, 0) is 9.53 Å². The van der Waals surface area contributed by atoms with Gasteiger partial charge in [0.25, 0.3) is 0 Å². The van der Waals surface area contributed by atoms with Gasteiger partial charge in [0.1, 0.15) is 11.6 Å². The van der Waals surface area contributed by atoms with E-state index in [0.717, 1.165) is 6.42 Å². The molecule has 1 aliphatic carbocycles. The van der Waals surface area contributed by atoms with Gasteiger partial charge in [0.15, 0.2) is 0 Å². The Balaban J connectivity index is 1.94. The van der Waals surface area contributed by atoms with Gasteiger partial charge in [0.2, 0.25) is 5.91 Å². The smallest absolute Gasteiger partial charge is 0.411 e. The van der Waals surface area contributed by atoms with Crippen molar-refractivity contribution in [3.05, 3.63) is 0 Å². The quantitative estimate of drug-likeness (QED) is 0.851. The largest absolute Gasteiger partial charge is 0.444 e. The van der Waals surface area contributed by atoms with E-state index in [-0.39, 0.29) is 11.9 Å². The highest BCUT2D eigenvalue weighted by Gasteiger charge is 2.38. The molecule has 0 aromatic heterocycles. The van der Waals surface area contributed by atoms with Crippen LogP contribution in [0.5, 0.6) is 0 Å². The minimum Gasteiger partial charge on any atom is -0.444 e. The van der Waals surface area contributed by atoms with Gasteiger partial charge in [-0.2, -0.15) is 0 Å². The predicted octanol–water partition coefficient (Wildman–Crippen LogP) is 2.60. The lowest BCUT2D eigenvalue weighted by Crippen LogP contribution is -2.51. The molecular weight excluding hydrogens is 288 g/mol. The van der Waals surface area contributed by atoms with E-state index in [4.69, 9.17) is 4.74 Å². The van der Waals surface area contributed by atoms with Crippen molar-refractivity contribution < 1.29 is 14.3 Å². The van der Waals surface area contributed by atoms with E-state index in [1.165, 1.54) is 12.8 Å². The fraction of sp³-hybridized carbons (Fsp3) is 0.867. The maximum Gasteiger partial charge on any atom is 0.411 e. The van der Waals surface area contributed by atoms with Gasteiger partial charge in [0, 0.05) is 11.8 Å². The fourth-order valence-electron chi connectivity index (χ4n) is 2.80. The Labute approximate surface area is 131 Å². The van der Waals surface area contributed by atoms with Gasteiger partial charge in [0.05, 0.1) is 5.88 Å². The van der Waals surface area contributed by atoms with Crippen LogP contribution in [0.1, 0.15) is 47.0 Å². The third-order valence-corrected chi connectivity index (χ3v) is 5.01. The van der Waals surface area contributed by atoms with Gasteiger partial charge in [-0.25, -0.2) is 4.79 Å². The van der Waals surface area contributed by atoms with Gasteiger partial charge in [-0.3, -0.25) is 9.69 Å². The highest BCUT2D eigenvalue weighted by atomic mass is 32.2. The maximum absolute atomic E-state index is 12.5. The highest BCUT2D eigenvalue weighted by molar-refractivity contribution is 7.99. The van der Waals surface area contributed by atoms with Crippen LogP contribution in [0.25, 0.3) is 0 Å². The molecule has 3 unspecified atom stereocenters. The lowest BCUT2D eigenvalue weighted by molar-refractivity contribution is -0.126. The Bertz CT molecular complexity index is 408. The van der Waals surface area contributed by atoms with Crippen LogP contribution >= 0.6 is 11.8 Å². The van der Waals surface area contributed by atoms with E-state index in [9.17, 15) is 9.59 Å². The number of amides is 2. The average Bonchev–Trinajstić information content (AvgIpc) is 2.96. The zero-order valence-electron chi connectivity index (χ0n) is 13.3. The van der Waals surface area contributed by atoms with Crippen molar-refractivity contribution in [2.45, 2.75) is 64.6 Å². The van der Waals surface area contributed by atoms with Crippen molar-refractivity contribution in [3.63, 3.8) is 0 Å². The number of nitrogens with one attached hydrogen (secondary N) is 1. The van der Waals surface area contributed by atoms with E-state index in [0.29, 0.717) is 17.5 Å². The summed E-state index contributed by atoms with van der Waals surface area (Å²) in [5.41, 5.74) is -0.536. The van der Waals surface area contributed by atoms with E-state index >= 15 is 0 Å². The molecule has 0 aromatic rings. The molecule has 2 aliphatic rings. The Morgan fingerprint density at radius 1 is 1.29 bits per heavy atom. The van der Waals surface area contributed by atoms with E-state index in [1.807, 2.05) is 20.8 Å². The van der Waals surface area contributed by atoms with Crippen molar-refractivity contribution >= 4 is 23.8 Å². The Morgan fingerprint density at radius 3 is 2.57 bits per heavy atom. The third kappa shape index (κ3) is 4.28. The fourth-order valence-corrected chi connectivity index (χ4v) is 3.94. The van der Waals surface area contributed by atoms with Crippen LogP contribution in [0.15, 0.2) is 0 Å². The number of carbonyl (C=O) groups excluding carboxylic acids is 2. The topological polar surface area (TPSA) is 58.6 Å². The minimum atomic E-state index is -0.536. The van der Waals surface area contributed by atoms with E-state index in [2.05, 4.69) is 12.2 Å². The second-order valence-corrected chi connectivity index (χ2v) is 7.99. The van der Waals surface area contributed by atoms with Gasteiger partial charge in [-0.15, -0.1) is 11.8 Å². The van der Waals surface area contributed by atoms with Crippen LogP contribution in [0, 0.1) is 5.92 Å². The molecule has 0 bridgehead atoms. The molecule has 0 aromatic carbocycles. The molecule has 0 radical (unpaired) electrons. The number of carbonyl (C=O) groups is 2. The first-order valence-corrected chi connectivity index (χ1v) is 8.81. The first-order chi connectivity index (χ1) is 9.78. The van der Waals surface area contributed by atoms with Crippen molar-refractivity contribution in [3.8, 4) is 0 Å². The summed E-state index contributed by atoms with van der Waals surface area (Å²) < 4.78 is 5.39.